The molecule has 16 heteroatoms. The molecule has 4 aromatic rings. The number of nitrogens with one attached hydrogen (secondary N) is 3. The number of nitro groups is 1. The highest BCUT2D eigenvalue weighted by Gasteiger charge is 2.22. The van der Waals surface area contributed by atoms with Gasteiger partial charge in [0.1, 0.15) is 11.4 Å². The molecule has 3 N–H and O–H groups in total. The Hall–Kier alpha value is -5.42. The molecule has 0 radical (unpaired) electrons. The standard InChI is InChI=1S/C56H75ClN10O3S2.C2H6/c1-7-46(16-11-12-27-57)44(2)42-63(6)55(56(68)58-28-14-29-64-33-31-62(5)32-34-64)40-45-15-13-17-50(39-45)66-37-35-65(36-38-66)49-22-20-47(21-23-49)60-72-52-24-25-53(54(41-52)67(69)70)59-48(26-30-61(3)4)43-71-51-18-9-8-10-19-51;1-2/h7-13,15,17-25,39-42,48,59-60H,14,16,26-38,43H2,1-6H3,(H,58,68);1-2H3/b12-11-,44-42+,46-7+,55-40+;/t48-;/m1./s1. The van der Waals surface area contributed by atoms with Crippen LogP contribution in [0.3, 0.4) is 0 Å². The number of hydrogen-bond donors (Lipinski definition) is 3. The Bertz CT molecular complexity index is 2450. The number of carbonyl (C=O) groups excluding carboxylic acids is 1. The first-order valence-electron chi connectivity index (χ1n) is 26.1. The quantitative estimate of drug-likeness (QED) is 0.00638. The smallest absolute Gasteiger partial charge is 0.293 e. The summed E-state index contributed by atoms with van der Waals surface area (Å²) in [5.74, 6) is 1.17. The van der Waals surface area contributed by atoms with Gasteiger partial charge >= 0.3 is 0 Å². The number of alkyl halides is 1. The molecule has 0 aliphatic carbocycles. The number of nitrogens with zero attached hydrogens (tertiary/aromatic N) is 7. The van der Waals surface area contributed by atoms with Gasteiger partial charge in [-0.05, 0) is 163 Å². The van der Waals surface area contributed by atoms with Gasteiger partial charge < -0.3 is 44.8 Å². The molecule has 2 fully saturated rings. The lowest BCUT2D eigenvalue weighted by atomic mass is 10.0. The van der Waals surface area contributed by atoms with E-state index in [1.807, 2.05) is 95.5 Å². The molecule has 0 spiro atoms. The van der Waals surface area contributed by atoms with E-state index in [1.165, 1.54) is 22.4 Å². The second-order valence-corrected chi connectivity index (χ2v) is 20.9. The monoisotopic (exact) mass is 1060 g/mol. The Kier molecular flexibility index (Phi) is 25.8. The molecule has 400 valence electrons. The van der Waals surface area contributed by atoms with Crippen LogP contribution in [0.25, 0.3) is 6.08 Å². The third-order valence-corrected chi connectivity index (χ3v) is 15.1. The van der Waals surface area contributed by atoms with Gasteiger partial charge in [-0.15, -0.1) is 23.4 Å². The fraction of sp³-hybridized carbons (Fsp3) is 0.431. The second kappa shape index (κ2) is 32.1. The number of piperazine rings is 2. The van der Waals surface area contributed by atoms with Gasteiger partial charge in [0.25, 0.3) is 11.6 Å². The zero-order chi connectivity index (χ0) is 53.2. The lowest BCUT2D eigenvalue weighted by molar-refractivity contribution is -0.384. The van der Waals surface area contributed by atoms with E-state index in [-0.39, 0.29) is 22.6 Å². The van der Waals surface area contributed by atoms with Crippen LogP contribution in [0, 0.1) is 10.1 Å². The Morgan fingerprint density at radius 2 is 1.55 bits per heavy atom. The molecule has 74 heavy (non-hydrogen) atoms. The third-order valence-electron chi connectivity index (χ3n) is 13.0. The van der Waals surface area contributed by atoms with Crippen LogP contribution in [0.4, 0.5) is 28.4 Å². The maximum Gasteiger partial charge on any atom is 0.293 e. The van der Waals surface area contributed by atoms with Crippen molar-refractivity contribution in [2.45, 2.75) is 62.8 Å². The Morgan fingerprint density at radius 3 is 2.22 bits per heavy atom. The first-order valence-corrected chi connectivity index (χ1v) is 28.4. The maximum absolute atomic E-state index is 14.0. The number of anilines is 4. The highest BCUT2D eigenvalue weighted by molar-refractivity contribution is 8.00. The number of amides is 1. The SMILES string of the molecule is C/C=C(C/C=C\CCl)/C(C)=C/N(C)/C(=C/c1cccc(N2CCN(c3ccc(NSc4ccc(N[C@H](CCN(C)C)CSc5ccccc5)c([N+](=O)[O-])c4)cc3)CC2)c1)C(=O)NCCCN1CCN(C)CC1.CC. The van der Waals surface area contributed by atoms with E-state index in [2.05, 4.69) is 127 Å². The van der Waals surface area contributed by atoms with Gasteiger partial charge in [0.2, 0.25) is 0 Å². The summed E-state index contributed by atoms with van der Waals surface area (Å²) < 4.78 is 3.39. The Morgan fingerprint density at radius 1 is 0.851 bits per heavy atom. The molecule has 1 amide bonds. The number of rotatable bonds is 26. The van der Waals surface area contributed by atoms with Crippen molar-refractivity contribution >= 4 is 75.7 Å². The van der Waals surface area contributed by atoms with Gasteiger partial charge in [0.05, 0.1) is 4.92 Å². The first-order chi connectivity index (χ1) is 35.9. The first kappa shape index (κ1) is 59.5. The van der Waals surface area contributed by atoms with Gasteiger partial charge in [0, 0.05) is 123 Å². The van der Waals surface area contributed by atoms with Crippen molar-refractivity contribution in [3.05, 3.63) is 154 Å². The molecular formula is C58H81ClN10O3S2. The number of nitro benzene ring substituents is 1. The summed E-state index contributed by atoms with van der Waals surface area (Å²) in [6.07, 6.45) is 12.7. The van der Waals surface area contributed by atoms with Crippen LogP contribution in [0.2, 0.25) is 0 Å². The minimum absolute atomic E-state index is 0.0489. The van der Waals surface area contributed by atoms with Gasteiger partial charge in [-0.3, -0.25) is 14.9 Å². The van der Waals surface area contributed by atoms with Crippen molar-refractivity contribution < 1.29 is 9.72 Å². The van der Waals surface area contributed by atoms with E-state index in [4.69, 9.17) is 11.6 Å². The molecule has 13 nitrogen and oxygen atoms in total. The average molecular weight is 1070 g/mol. The highest BCUT2D eigenvalue weighted by atomic mass is 35.5. The van der Waals surface area contributed by atoms with Crippen molar-refractivity contribution in [2.24, 2.45) is 0 Å². The second-order valence-electron chi connectivity index (χ2n) is 18.7. The lowest BCUT2D eigenvalue weighted by Gasteiger charge is -2.37. The number of allylic oxidation sites excluding steroid dienone is 5. The van der Waals surface area contributed by atoms with Crippen molar-refractivity contribution in [3.63, 3.8) is 0 Å². The van der Waals surface area contributed by atoms with E-state index in [1.54, 1.807) is 17.8 Å². The number of halogens is 1. The zero-order valence-electron chi connectivity index (χ0n) is 45.1. The lowest BCUT2D eigenvalue weighted by Crippen LogP contribution is -2.46. The number of hydrogen-bond acceptors (Lipinski definition) is 13. The average Bonchev–Trinajstić information content (AvgIpc) is 3.42. The molecule has 4 aromatic carbocycles. The Labute approximate surface area is 456 Å². The number of thioether (sulfide) groups is 1. The number of carbonyl (C=O) groups is 1. The third kappa shape index (κ3) is 19.7. The van der Waals surface area contributed by atoms with Crippen LogP contribution in [0.15, 0.2) is 148 Å². The van der Waals surface area contributed by atoms with Crippen LogP contribution in [-0.2, 0) is 4.79 Å². The summed E-state index contributed by atoms with van der Waals surface area (Å²) in [5, 5.41) is 19.0. The van der Waals surface area contributed by atoms with E-state index in [0.29, 0.717) is 23.8 Å². The molecule has 0 saturated carbocycles. The van der Waals surface area contributed by atoms with Crippen LogP contribution in [0.5, 0.6) is 0 Å². The Balaban J connectivity index is 0.00000501. The van der Waals surface area contributed by atoms with Crippen LogP contribution in [0.1, 0.15) is 52.5 Å². The van der Waals surface area contributed by atoms with Crippen molar-refractivity contribution in [1.29, 1.82) is 0 Å². The molecule has 2 aliphatic heterocycles. The maximum atomic E-state index is 14.0. The molecule has 0 aromatic heterocycles. The van der Waals surface area contributed by atoms with Crippen molar-refractivity contribution in [3.8, 4) is 0 Å². The minimum Gasteiger partial charge on any atom is -0.376 e. The molecule has 6 rings (SSSR count). The molecular weight excluding hydrogens is 984 g/mol. The largest absolute Gasteiger partial charge is 0.376 e. The van der Waals surface area contributed by atoms with Crippen LogP contribution >= 0.6 is 35.3 Å². The normalized spacial score (nSPS) is 15.5. The predicted octanol–water partition coefficient (Wildman–Crippen LogP) is 11.7. The van der Waals surface area contributed by atoms with E-state index >= 15 is 0 Å². The summed E-state index contributed by atoms with van der Waals surface area (Å²) in [4.78, 5) is 41.7. The van der Waals surface area contributed by atoms with Gasteiger partial charge in [-0.2, -0.15) is 0 Å². The van der Waals surface area contributed by atoms with Gasteiger partial charge in [0.15, 0.2) is 0 Å². The summed E-state index contributed by atoms with van der Waals surface area (Å²) in [7, 11) is 8.21. The fourth-order valence-electron chi connectivity index (χ4n) is 8.66. The molecule has 2 aliphatic rings. The van der Waals surface area contributed by atoms with E-state index in [9.17, 15) is 14.9 Å². The summed E-state index contributed by atoms with van der Waals surface area (Å²) in [6, 6.07) is 32.5. The summed E-state index contributed by atoms with van der Waals surface area (Å²) >= 11 is 9.02. The van der Waals surface area contributed by atoms with E-state index in [0.717, 1.165) is 124 Å². The van der Waals surface area contributed by atoms with Crippen molar-refractivity contribution in [2.75, 3.05) is 132 Å². The van der Waals surface area contributed by atoms with E-state index < -0.39 is 0 Å². The van der Waals surface area contributed by atoms with Gasteiger partial charge in [-0.25, -0.2) is 0 Å². The molecule has 0 unspecified atom stereocenters. The zero-order valence-corrected chi connectivity index (χ0v) is 47.5. The highest BCUT2D eigenvalue weighted by Crippen LogP contribution is 2.33. The number of benzene rings is 4. The molecule has 2 heterocycles. The van der Waals surface area contributed by atoms with Crippen LogP contribution in [-0.4, -0.2) is 148 Å². The topological polar surface area (TPSA) is 116 Å². The summed E-state index contributed by atoms with van der Waals surface area (Å²) in [6.45, 7) is 18.3. The molecule has 0 bridgehead atoms. The van der Waals surface area contributed by atoms with Crippen molar-refractivity contribution in [1.82, 2.24) is 24.9 Å². The van der Waals surface area contributed by atoms with Crippen LogP contribution < -0.4 is 25.2 Å². The fourth-order valence-corrected chi connectivity index (χ4v) is 10.5. The number of likely N-dealkylation sites (N-methyl/N-ethyl adjacent to an activating group) is 2. The molecule has 2 saturated heterocycles. The predicted molar refractivity (Wildman–Crippen MR) is 318 cm³/mol. The minimum atomic E-state index is -0.303. The van der Waals surface area contributed by atoms with Gasteiger partial charge in [-0.1, -0.05) is 62.4 Å². The molecule has 1 atom stereocenters. The summed E-state index contributed by atoms with van der Waals surface area (Å²) in [5.41, 5.74) is 7.58.